The van der Waals surface area contributed by atoms with Crippen LogP contribution in [0.25, 0.3) is 0 Å². The third-order valence-corrected chi connectivity index (χ3v) is 3.13. The fraction of sp³-hybridized carbons (Fsp3) is 0.364. The highest BCUT2D eigenvalue weighted by atomic mass is 32.1. The average Bonchev–Trinajstić information content (AvgIpc) is 2.54. The van der Waals surface area contributed by atoms with Gasteiger partial charge in [0, 0.05) is 0 Å². The zero-order valence-electron chi connectivity index (χ0n) is 9.73. The number of thiophene rings is 1. The lowest BCUT2D eigenvalue weighted by molar-refractivity contribution is -0.215. The minimum absolute atomic E-state index is 0.258. The molecular formula is C11H11N2O3S-. The molecule has 0 spiro atoms. The van der Waals surface area contributed by atoms with Crippen LogP contribution in [0.4, 0.5) is 5.00 Å². The van der Waals surface area contributed by atoms with Gasteiger partial charge in [-0.25, -0.2) is 4.79 Å². The lowest BCUT2D eigenvalue weighted by atomic mass is 10.2. The van der Waals surface area contributed by atoms with Gasteiger partial charge in [0.1, 0.15) is 15.9 Å². The predicted molar refractivity (Wildman–Crippen MR) is 62.5 cm³/mol. The Hall–Kier alpha value is -1.87. The van der Waals surface area contributed by atoms with Crippen LogP contribution >= 0.6 is 11.3 Å². The Kier molecular flexibility index (Phi) is 4.24. The summed E-state index contributed by atoms with van der Waals surface area (Å²) in [4.78, 5) is 15.6. The van der Waals surface area contributed by atoms with Gasteiger partial charge >= 0.3 is 5.97 Å². The number of esters is 1. The fourth-order valence-electron chi connectivity index (χ4n) is 1.24. The Morgan fingerprint density at radius 3 is 2.76 bits per heavy atom. The normalized spacial score (nSPS) is 11.1. The number of carbonyl (C=O) groups is 1. The van der Waals surface area contributed by atoms with Gasteiger partial charge < -0.3 is 9.84 Å². The third-order valence-electron chi connectivity index (χ3n) is 1.96. The van der Waals surface area contributed by atoms with Crippen LogP contribution in [0, 0.1) is 18.3 Å². The maximum absolute atomic E-state index is 11.6. The van der Waals surface area contributed by atoms with E-state index in [-0.39, 0.29) is 17.2 Å². The van der Waals surface area contributed by atoms with Crippen molar-refractivity contribution >= 4 is 28.2 Å². The van der Waals surface area contributed by atoms with E-state index < -0.39 is 11.9 Å². The van der Waals surface area contributed by atoms with Crippen molar-refractivity contribution in [3.63, 3.8) is 0 Å². The predicted octanol–water partition coefficient (Wildman–Crippen LogP) is 1.52. The molecule has 0 aliphatic carbocycles. The van der Waals surface area contributed by atoms with Gasteiger partial charge in [0.25, 0.3) is 0 Å². The average molecular weight is 251 g/mol. The summed E-state index contributed by atoms with van der Waals surface area (Å²) in [6.45, 7) is 4.89. The zero-order valence-corrected chi connectivity index (χ0v) is 10.6. The molecule has 0 saturated heterocycles. The SMILES string of the molecule is CCOC(=O)c1sc(N=C(C)[O-])c(C#N)c1C. The highest BCUT2D eigenvalue weighted by molar-refractivity contribution is 7.18. The molecule has 0 unspecified atom stereocenters. The molecule has 0 radical (unpaired) electrons. The van der Waals surface area contributed by atoms with E-state index in [1.54, 1.807) is 13.8 Å². The van der Waals surface area contributed by atoms with Gasteiger partial charge in [-0.3, -0.25) is 4.99 Å². The van der Waals surface area contributed by atoms with E-state index in [1.807, 2.05) is 6.07 Å². The standard InChI is InChI=1S/C11H12N2O3S/c1-4-16-11(15)9-6(2)8(5-12)10(17-9)13-7(3)14/h4H2,1-3H3,(H,13,14)/p-1. The first kappa shape index (κ1) is 13.2. The Labute approximate surface area is 103 Å². The van der Waals surface area contributed by atoms with E-state index in [0.717, 1.165) is 11.3 Å². The molecule has 1 aromatic heterocycles. The second-order valence-electron chi connectivity index (χ2n) is 3.20. The van der Waals surface area contributed by atoms with E-state index >= 15 is 0 Å². The molecule has 17 heavy (non-hydrogen) atoms. The molecular weight excluding hydrogens is 240 g/mol. The number of nitrogens with zero attached hydrogens (tertiary/aromatic N) is 2. The van der Waals surface area contributed by atoms with Gasteiger partial charge in [-0.05, 0) is 32.2 Å². The Morgan fingerprint density at radius 1 is 1.65 bits per heavy atom. The molecule has 0 fully saturated rings. The number of rotatable bonds is 3. The number of hydrogen-bond donors (Lipinski definition) is 0. The second-order valence-corrected chi connectivity index (χ2v) is 4.20. The van der Waals surface area contributed by atoms with E-state index in [9.17, 15) is 9.90 Å². The van der Waals surface area contributed by atoms with Crippen molar-refractivity contribution in [3.05, 3.63) is 16.0 Å². The molecule has 1 rings (SSSR count). The molecule has 0 atom stereocenters. The van der Waals surface area contributed by atoms with Gasteiger partial charge in [0.05, 0.1) is 12.2 Å². The summed E-state index contributed by atoms with van der Waals surface area (Å²) in [7, 11) is 0. The maximum Gasteiger partial charge on any atom is 0.348 e. The van der Waals surface area contributed by atoms with Crippen molar-refractivity contribution in [3.8, 4) is 6.07 Å². The summed E-state index contributed by atoms with van der Waals surface area (Å²) >= 11 is 1.00. The summed E-state index contributed by atoms with van der Waals surface area (Å²) < 4.78 is 4.86. The van der Waals surface area contributed by atoms with Crippen LogP contribution in [0.2, 0.25) is 0 Å². The van der Waals surface area contributed by atoms with Crippen molar-refractivity contribution < 1.29 is 14.6 Å². The number of nitriles is 1. The quantitative estimate of drug-likeness (QED) is 0.463. The molecule has 6 heteroatoms. The molecule has 0 saturated carbocycles. The summed E-state index contributed by atoms with van der Waals surface area (Å²) in [5.74, 6) is -0.894. The first-order chi connectivity index (χ1) is 8.01. The Balaban J connectivity index is 3.28. The van der Waals surface area contributed by atoms with Crippen molar-refractivity contribution in [2.75, 3.05) is 6.61 Å². The fourth-order valence-corrected chi connectivity index (χ4v) is 2.31. The number of carbonyl (C=O) groups excluding carboxylic acids is 1. The third kappa shape index (κ3) is 2.82. The van der Waals surface area contributed by atoms with Crippen molar-refractivity contribution in [1.29, 1.82) is 5.26 Å². The van der Waals surface area contributed by atoms with Gasteiger partial charge in [0.2, 0.25) is 0 Å². The highest BCUT2D eigenvalue weighted by Gasteiger charge is 2.20. The van der Waals surface area contributed by atoms with E-state index in [2.05, 4.69) is 4.99 Å². The van der Waals surface area contributed by atoms with Crippen LogP contribution in [0.1, 0.15) is 34.6 Å². The molecule has 0 aliphatic heterocycles. The van der Waals surface area contributed by atoms with E-state index in [0.29, 0.717) is 10.4 Å². The molecule has 1 heterocycles. The maximum atomic E-state index is 11.6. The molecule has 0 N–H and O–H groups in total. The van der Waals surface area contributed by atoms with Gasteiger partial charge in [0.15, 0.2) is 0 Å². The lowest BCUT2D eigenvalue weighted by Crippen LogP contribution is -2.10. The van der Waals surface area contributed by atoms with Crippen LogP contribution < -0.4 is 5.11 Å². The van der Waals surface area contributed by atoms with Crippen LogP contribution in [-0.2, 0) is 4.74 Å². The van der Waals surface area contributed by atoms with Crippen LogP contribution in [0.15, 0.2) is 4.99 Å². The highest BCUT2D eigenvalue weighted by Crippen LogP contribution is 2.35. The molecule has 0 aromatic carbocycles. The molecule has 0 amide bonds. The lowest BCUT2D eigenvalue weighted by Gasteiger charge is -1.99. The number of aliphatic imine (C=N–C) groups is 1. The van der Waals surface area contributed by atoms with Crippen molar-refractivity contribution in [1.82, 2.24) is 0 Å². The van der Waals surface area contributed by atoms with Crippen molar-refractivity contribution in [2.24, 2.45) is 4.99 Å². The van der Waals surface area contributed by atoms with E-state index in [4.69, 9.17) is 10.00 Å². The Bertz CT molecular complexity index is 508. The molecule has 5 nitrogen and oxygen atoms in total. The number of ether oxygens (including phenoxy) is 1. The Morgan fingerprint density at radius 2 is 2.29 bits per heavy atom. The van der Waals surface area contributed by atoms with E-state index in [1.165, 1.54) is 6.92 Å². The molecule has 1 aromatic rings. The largest absolute Gasteiger partial charge is 0.862 e. The first-order valence-corrected chi connectivity index (χ1v) is 5.75. The molecule has 0 aliphatic rings. The summed E-state index contributed by atoms with van der Waals surface area (Å²) in [6.07, 6.45) is 0. The smallest absolute Gasteiger partial charge is 0.348 e. The monoisotopic (exact) mass is 251 g/mol. The number of hydrogen-bond acceptors (Lipinski definition) is 6. The molecule has 90 valence electrons. The van der Waals surface area contributed by atoms with Crippen LogP contribution in [0.5, 0.6) is 0 Å². The minimum atomic E-state index is -0.489. The minimum Gasteiger partial charge on any atom is -0.862 e. The van der Waals surface area contributed by atoms with Crippen LogP contribution in [0.3, 0.4) is 0 Å². The van der Waals surface area contributed by atoms with Gasteiger partial charge in [-0.15, -0.1) is 11.3 Å². The second kappa shape index (κ2) is 5.46. The van der Waals surface area contributed by atoms with Gasteiger partial charge in [-0.1, -0.05) is 0 Å². The van der Waals surface area contributed by atoms with Gasteiger partial charge in [-0.2, -0.15) is 5.26 Å². The zero-order chi connectivity index (χ0) is 13.0. The topological polar surface area (TPSA) is 85.5 Å². The van der Waals surface area contributed by atoms with Crippen molar-refractivity contribution in [2.45, 2.75) is 20.8 Å². The summed E-state index contributed by atoms with van der Waals surface area (Å²) in [5.41, 5.74) is 0.768. The first-order valence-electron chi connectivity index (χ1n) is 4.94. The summed E-state index contributed by atoms with van der Waals surface area (Å²) in [5, 5.41) is 20.1. The molecule has 0 bridgehead atoms. The summed E-state index contributed by atoms with van der Waals surface area (Å²) in [6, 6.07) is 1.94. The van der Waals surface area contributed by atoms with Crippen LogP contribution in [-0.4, -0.2) is 18.5 Å².